The molecule has 4 N–H and O–H groups in total. The highest BCUT2D eigenvalue weighted by molar-refractivity contribution is 5.94. The van der Waals surface area contributed by atoms with Crippen LogP contribution in [-0.2, 0) is 4.79 Å². The smallest absolute Gasteiger partial charge is 0.223 e. The summed E-state index contributed by atoms with van der Waals surface area (Å²) in [5.41, 5.74) is 5.20. The lowest BCUT2D eigenvalue weighted by Gasteiger charge is -2.40. The van der Waals surface area contributed by atoms with Crippen molar-refractivity contribution in [3.8, 4) is 0 Å². The maximum atomic E-state index is 12.1. The number of carbonyl (C=O) groups excluding carboxylic acids is 1. The minimum Gasteiger partial charge on any atom is -0.409 e. The third-order valence-electron chi connectivity index (χ3n) is 4.56. The van der Waals surface area contributed by atoms with Crippen molar-refractivity contribution < 1.29 is 10.0 Å². The Kier molecular flexibility index (Phi) is 3.78. The molecular weight excluding hydrogens is 230 g/mol. The van der Waals surface area contributed by atoms with Crippen molar-refractivity contribution in [3.05, 3.63) is 0 Å². The molecule has 0 atom stereocenters. The van der Waals surface area contributed by atoms with Gasteiger partial charge >= 0.3 is 0 Å². The summed E-state index contributed by atoms with van der Waals surface area (Å²) in [6.07, 6.45) is 6.60. The van der Waals surface area contributed by atoms with Gasteiger partial charge in [0.25, 0.3) is 0 Å². The fourth-order valence-electron chi connectivity index (χ4n) is 2.80. The number of nitrogens with two attached hydrogens (primary N) is 1. The van der Waals surface area contributed by atoms with Gasteiger partial charge in [0.1, 0.15) is 5.54 Å². The molecule has 2 saturated carbocycles. The number of hydrogen-bond acceptors (Lipinski definition) is 3. The van der Waals surface area contributed by atoms with Crippen LogP contribution in [0.2, 0.25) is 0 Å². The lowest BCUT2D eigenvalue weighted by Crippen LogP contribution is -2.60. The quantitative estimate of drug-likeness (QED) is 0.309. The normalized spacial score (nSPS) is 33.8. The van der Waals surface area contributed by atoms with Crippen molar-refractivity contribution in [2.45, 2.75) is 57.4 Å². The van der Waals surface area contributed by atoms with E-state index in [0.717, 1.165) is 44.9 Å². The van der Waals surface area contributed by atoms with Gasteiger partial charge in [-0.05, 0) is 44.4 Å². The molecule has 0 unspecified atom stereocenters. The van der Waals surface area contributed by atoms with Crippen molar-refractivity contribution in [1.82, 2.24) is 5.32 Å². The number of amidine groups is 1. The Bertz CT molecular complexity index is 342. The van der Waals surface area contributed by atoms with Gasteiger partial charge in [0.05, 0.1) is 0 Å². The zero-order valence-electron chi connectivity index (χ0n) is 11.0. The Morgan fingerprint density at radius 3 is 2.39 bits per heavy atom. The van der Waals surface area contributed by atoms with E-state index in [2.05, 4.69) is 17.4 Å². The summed E-state index contributed by atoms with van der Waals surface area (Å²) < 4.78 is 0. The van der Waals surface area contributed by atoms with Crippen LogP contribution in [0.4, 0.5) is 0 Å². The Morgan fingerprint density at radius 2 is 1.94 bits per heavy atom. The van der Waals surface area contributed by atoms with Gasteiger partial charge in [-0.1, -0.05) is 18.5 Å². The maximum absolute atomic E-state index is 12.1. The van der Waals surface area contributed by atoms with Gasteiger partial charge in [0.15, 0.2) is 5.84 Å². The molecule has 1 amide bonds. The Hall–Kier alpha value is -1.26. The molecule has 2 fully saturated rings. The van der Waals surface area contributed by atoms with Gasteiger partial charge in [0, 0.05) is 5.92 Å². The monoisotopic (exact) mass is 253 g/mol. The molecule has 0 radical (unpaired) electrons. The molecule has 5 heteroatoms. The average molecular weight is 253 g/mol. The highest BCUT2D eigenvalue weighted by atomic mass is 16.4. The standard InChI is InChI=1S/C13H23N3O2/c1-9-5-7-13(8-6-9,12(14)16-18)15-11(17)10-3-2-4-10/h9-10,18H,2-8H2,1H3,(H2,14,16)(H,15,17). The SMILES string of the molecule is CC1CCC(NC(=O)C2CCC2)(/C(N)=N/O)CC1. The number of carbonyl (C=O) groups is 1. The molecule has 102 valence electrons. The maximum Gasteiger partial charge on any atom is 0.223 e. The number of oxime groups is 1. The van der Waals surface area contributed by atoms with E-state index in [9.17, 15) is 4.79 Å². The van der Waals surface area contributed by atoms with E-state index in [1.807, 2.05) is 0 Å². The molecule has 0 bridgehead atoms. The van der Waals surface area contributed by atoms with Crippen molar-refractivity contribution in [2.75, 3.05) is 0 Å². The molecular formula is C13H23N3O2. The number of rotatable bonds is 3. The van der Waals surface area contributed by atoms with E-state index in [4.69, 9.17) is 10.9 Å². The molecule has 5 nitrogen and oxygen atoms in total. The van der Waals surface area contributed by atoms with Crippen LogP contribution in [0.1, 0.15) is 51.9 Å². The summed E-state index contributed by atoms with van der Waals surface area (Å²) in [4.78, 5) is 12.1. The molecule has 0 aromatic rings. The third-order valence-corrected chi connectivity index (χ3v) is 4.56. The van der Waals surface area contributed by atoms with Gasteiger partial charge in [-0.15, -0.1) is 0 Å². The molecule has 0 heterocycles. The predicted molar refractivity (Wildman–Crippen MR) is 69.3 cm³/mol. The van der Waals surface area contributed by atoms with E-state index in [-0.39, 0.29) is 17.7 Å². The molecule has 2 rings (SSSR count). The van der Waals surface area contributed by atoms with Crippen LogP contribution in [0.5, 0.6) is 0 Å². The van der Waals surface area contributed by atoms with Gasteiger partial charge in [-0.25, -0.2) is 0 Å². The number of amides is 1. The topological polar surface area (TPSA) is 87.7 Å². The number of nitrogens with one attached hydrogen (secondary N) is 1. The minimum absolute atomic E-state index is 0.0717. The second kappa shape index (κ2) is 5.16. The second-order valence-electron chi connectivity index (χ2n) is 5.87. The molecule has 0 aliphatic heterocycles. The molecule has 0 aromatic carbocycles. The van der Waals surface area contributed by atoms with Gasteiger partial charge < -0.3 is 16.3 Å². The zero-order chi connectivity index (χ0) is 13.2. The van der Waals surface area contributed by atoms with Crippen LogP contribution >= 0.6 is 0 Å². The molecule has 2 aliphatic carbocycles. The van der Waals surface area contributed by atoms with Crippen molar-refractivity contribution in [2.24, 2.45) is 22.7 Å². The average Bonchev–Trinajstić information content (AvgIpc) is 2.29. The molecule has 18 heavy (non-hydrogen) atoms. The highest BCUT2D eigenvalue weighted by Crippen LogP contribution is 2.34. The first-order chi connectivity index (χ1) is 8.57. The lowest BCUT2D eigenvalue weighted by atomic mass is 9.75. The summed E-state index contributed by atoms with van der Waals surface area (Å²) in [5.74, 6) is 1.00. The van der Waals surface area contributed by atoms with E-state index in [1.165, 1.54) is 0 Å². The summed E-state index contributed by atoms with van der Waals surface area (Å²) in [6.45, 7) is 2.20. The first-order valence-corrected chi connectivity index (χ1v) is 6.87. The zero-order valence-corrected chi connectivity index (χ0v) is 11.0. The summed E-state index contributed by atoms with van der Waals surface area (Å²) >= 11 is 0. The third kappa shape index (κ3) is 2.44. The molecule has 0 aromatic heterocycles. The van der Waals surface area contributed by atoms with Crippen LogP contribution in [-0.4, -0.2) is 22.5 Å². The second-order valence-corrected chi connectivity index (χ2v) is 5.87. The fraction of sp³-hybridized carbons (Fsp3) is 0.846. The highest BCUT2D eigenvalue weighted by Gasteiger charge is 2.41. The lowest BCUT2D eigenvalue weighted by molar-refractivity contribution is -0.129. The van der Waals surface area contributed by atoms with Crippen molar-refractivity contribution in [1.29, 1.82) is 0 Å². The van der Waals surface area contributed by atoms with E-state index in [1.54, 1.807) is 0 Å². The fourth-order valence-corrected chi connectivity index (χ4v) is 2.80. The number of hydrogen-bond donors (Lipinski definition) is 3. The van der Waals surface area contributed by atoms with Gasteiger partial charge in [0.2, 0.25) is 5.91 Å². The van der Waals surface area contributed by atoms with Crippen LogP contribution in [0.3, 0.4) is 0 Å². The predicted octanol–water partition coefficient (Wildman–Crippen LogP) is 1.60. The summed E-state index contributed by atoms with van der Waals surface area (Å²) in [7, 11) is 0. The largest absolute Gasteiger partial charge is 0.409 e. The van der Waals surface area contributed by atoms with Crippen LogP contribution in [0.25, 0.3) is 0 Å². The first-order valence-electron chi connectivity index (χ1n) is 6.87. The van der Waals surface area contributed by atoms with E-state index in [0.29, 0.717) is 5.92 Å². The minimum atomic E-state index is -0.617. The molecule has 0 spiro atoms. The van der Waals surface area contributed by atoms with Crippen molar-refractivity contribution in [3.63, 3.8) is 0 Å². The Morgan fingerprint density at radius 1 is 1.33 bits per heavy atom. The van der Waals surface area contributed by atoms with E-state index < -0.39 is 5.54 Å². The first kappa shape index (κ1) is 13.2. The van der Waals surface area contributed by atoms with E-state index >= 15 is 0 Å². The van der Waals surface area contributed by atoms with Crippen LogP contribution < -0.4 is 11.1 Å². The van der Waals surface area contributed by atoms with Crippen molar-refractivity contribution >= 4 is 11.7 Å². The summed E-state index contributed by atoms with van der Waals surface area (Å²) in [6, 6.07) is 0. The van der Waals surface area contributed by atoms with Gasteiger partial charge in [-0.2, -0.15) is 0 Å². The Labute approximate surface area is 108 Å². The van der Waals surface area contributed by atoms with Crippen LogP contribution in [0.15, 0.2) is 5.16 Å². The molecule has 0 saturated heterocycles. The Balaban J connectivity index is 2.07. The number of nitrogens with zero attached hydrogens (tertiary/aromatic N) is 1. The van der Waals surface area contributed by atoms with Gasteiger partial charge in [-0.3, -0.25) is 4.79 Å². The van der Waals surface area contributed by atoms with Crippen LogP contribution in [0, 0.1) is 11.8 Å². The molecule has 2 aliphatic rings. The summed E-state index contributed by atoms with van der Waals surface area (Å²) in [5, 5.41) is 15.1.